The van der Waals surface area contributed by atoms with Crippen LogP contribution in [0.25, 0.3) is 0 Å². The minimum absolute atomic E-state index is 0.128. The van der Waals surface area contributed by atoms with Gasteiger partial charge < -0.3 is 9.88 Å². The van der Waals surface area contributed by atoms with E-state index in [0.717, 1.165) is 12.5 Å². The number of aryl methyl sites for hydroxylation is 1. The molecule has 0 saturated carbocycles. The quantitative estimate of drug-likeness (QED) is 0.747. The monoisotopic (exact) mass is 235 g/mol. The number of nitrogens with zero attached hydrogens (tertiary/aromatic N) is 2. The Hall–Kier alpha value is -0.990. The summed E-state index contributed by atoms with van der Waals surface area (Å²) in [6.07, 6.45) is 3.37. The Balaban J connectivity index is 2.25. The van der Waals surface area contributed by atoms with Gasteiger partial charge in [0, 0.05) is 24.2 Å². The Morgan fingerprint density at radius 1 is 1.24 bits per heavy atom. The third kappa shape index (κ3) is 2.48. The van der Waals surface area contributed by atoms with Crippen LogP contribution in [0.1, 0.15) is 53.7 Å². The molecule has 96 valence electrons. The highest BCUT2D eigenvalue weighted by Gasteiger charge is 2.30. The standard InChI is InChI=1S/C14H25N3/c1-13(2,3)10-7-8-17-9-11(14(4,5)6)16-12(17)15-10/h9-10H,7-8H2,1-6H3,(H,15,16). The average molecular weight is 235 g/mol. The normalized spacial score (nSPS) is 20.9. The molecule has 1 N–H and O–H groups in total. The SMILES string of the molecule is CC(C)(C)c1cn2c(n1)NC(C(C)(C)C)CC2. The van der Waals surface area contributed by atoms with Gasteiger partial charge in [-0.3, -0.25) is 0 Å². The fourth-order valence-corrected chi connectivity index (χ4v) is 2.21. The summed E-state index contributed by atoms with van der Waals surface area (Å²) in [5.41, 5.74) is 1.59. The van der Waals surface area contributed by atoms with E-state index in [1.54, 1.807) is 0 Å². The minimum Gasteiger partial charge on any atom is -0.352 e. The molecule has 0 radical (unpaired) electrons. The first-order chi connectivity index (χ1) is 7.68. The van der Waals surface area contributed by atoms with Gasteiger partial charge >= 0.3 is 0 Å². The first kappa shape index (κ1) is 12.5. The number of anilines is 1. The first-order valence-corrected chi connectivity index (χ1v) is 6.52. The van der Waals surface area contributed by atoms with Crippen LogP contribution in [0, 0.1) is 5.41 Å². The summed E-state index contributed by atoms with van der Waals surface area (Å²) in [6, 6.07) is 0.519. The summed E-state index contributed by atoms with van der Waals surface area (Å²) in [6.45, 7) is 14.6. The molecule has 0 bridgehead atoms. The van der Waals surface area contributed by atoms with E-state index in [1.165, 1.54) is 12.1 Å². The maximum atomic E-state index is 4.74. The van der Waals surface area contributed by atoms with E-state index in [0.29, 0.717) is 11.5 Å². The third-order valence-electron chi connectivity index (χ3n) is 3.55. The molecule has 1 aliphatic heterocycles. The second-order valence-corrected chi connectivity index (χ2v) is 7.24. The van der Waals surface area contributed by atoms with E-state index in [-0.39, 0.29) is 5.41 Å². The molecule has 3 nitrogen and oxygen atoms in total. The number of hydrogen-bond acceptors (Lipinski definition) is 2. The van der Waals surface area contributed by atoms with Gasteiger partial charge in [0.2, 0.25) is 5.95 Å². The highest BCUT2D eigenvalue weighted by atomic mass is 15.2. The van der Waals surface area contributed by atoms with Crippen molar-refractivity contribution in [3.05, 3.63) is 11.9 Å². The first-order valence-electron chi connectivity index (χ1n) is 6.52. The van der Waals surface area contributed by atoms with Crippen molar-refractivity contribution in [1.82, 2.24) is 9.55 Å². The fourth-order valence-electron chi connectivity index (χ4n) is 2.21. The van der Waals surface area contributed by atoms with E-state index >= 15 is 0 Å². The zero-order chi connectivity index (χ0) is 12.8. The lowest BCUT2D eigenvalue weighted by Gasteiger charge is -2.35. The Labute approximate surface area is 105 Å². The van der Waals surface area contributed by atoms with Gasteiger partial charge in [-0.1, -0.05) is 41.5 Å². The van der Waals surface area contributed by atoms with Crippen LogP contribution < -0.4 is 5.32 Å². The largest absolute Gasteiger partial charge is 0.352 e. The molecule has 0 spiro atoms. The number of fused-ring (bicyclic) bond motifs is 1. The van der Waals surface area contributed by atoms with Crippen molar-refractivity contribution in [2.45, 2.75) is 66.0 Å². The molecule has 0 amide bonds. The summed E-state index contributed by atoms with van der Waals surface area (Å²) in [7, 11) is 0. The van der Waals surface area contributed by atoms with Gasteiger partial charge in [0.1, 0.15) is 0 Å². The minimum atomic E-state index is 0.128. The highest BCUT2D eigenvalue weighted by Crippen LogP contribution is 2.31. The maximum absolute atomic E-state index is 4.74. The summed E-state index contributed by atoms with van der Waals surface area (Å²) in [5, 5.41) is 3.58. The topological polar surface area (TPSA) is 29.9 Å². The smallest absolute Gasteiger partial charge is 0.203 e. The molecule has 0 saturated heterocycles. The third-order valence-corrected chi connectivity index (χ3v) is 3.55. The van der Waals surface area contributed by atoms with Crippen molar-refractivity contribution in [1.29, 1.82) is 0 Å². The van der Waals surface area contributed by atoms with Crippen LogP contribution in [0.3, 0.4) is 0 Å². The van der Waals surface area contributed by atoms with E-state index in [4.69, 9.17) is 4.98 Å². The molecular weight excluding hydrogens is 210 g/mol. The summed E-state index contributed by atoms with van der Waals surface area (Å²) in [5.74, 6) is 1.04. The van der Waals surface area contributed by atoms with Crippen molar-refractivity contribution in [3.63, 3.8) is 0 Å². The molecular formula is C14H25N3. The predicted octanol–water partition coefficient (Wildman–Crippen LogP) is 3.41. The number of rotatable bonds is 0. The number of aromatic nitrogens is 2. The predicted molar refractivity (Wildman–Crippen MR) is 72.4 cm³/mol. The molecule has 1 aromatic rings. The van der Waals surface area contributed by atoms with E-state index in [1.807, 2.05) is 0 Å². The lowest BCUT2D eigenvalue weighted by atomic mass is 9.84. The highest BCUT2D eigenvalue weighted by molar-refractivity contribution is 5.35. The van der Waals surface area contributed by atoms with Crippen LogP contribution in [0.2, 0.25) is 0 Å². The Morgan fingerprint density at radius 2 is 1.88 bits per heavy atom. The molecule has 0 fully saturated rings. The molecule has 2 heterocycles. The van der Waals surface area contributed by atoms with Crippen LogP contribution >= 0.6 is 0 Å². The number of imidazole rings is 1. The summed E-state index contributed by atoms with van der Waals surface area (Å²) in [4.78, 5) is 4.74. The molecule has 1 aliphatic rings. The second-order valence-electron chi connectivity index (χ2n) is 7.24. The van der Waals surface area contributed by atoms with Crippen LogP contribution in [-0.4, -0.2) is 15.6 Å². The van der Waals surface area contributed by atoms with Gasteiger partial charge in [-0.2, -0.15) is 0 Å². The van der Waals surface area contributed by atoms with E-state index in [2.05, 4.69) is 57.6 Å². The van der Waals surface area contributed by atoms with Crippen molar-refractivity contribution in [2.75, 3.05) is 5.32 Å². The van der Waals surface area contributed by atoms with Crippen LogP contribution in [0.5, 0.6) is 0 Å². The summed E-state index contributed by atoms with van der Waals surface area (Å²) < 4.78 is 2.25. The van der Waals surface area contributed by atoms with Gasteiger partial charge in [-0.25, -0.2) is 4.98 Å². The van der Waals surface area contributed by atoms with Crippen molar-refractivity contribution in [2.24, 2.45) is 5.41 Å². The molecule has 0 aliphatic carbocycles. The van der Waals surface area contributed by atoms with Gasteiger partial charge in [0.25, 0.3) is 0 Å². The maximum Gasteiger partial charge on any atom is 0.203 e. The van der Waals surface area contributed by atoms with Crippen molar-refractivity contribution < 1.29 is 0 Å². The van der Waals surface area contributed by atoms with Crippen molar-refractivity contribution in [3.8, 4) is 0 Å². The van der Waals surface area contributed by atoms with Crippen molar-refractivity contribution >= 4 is 5.95 Å². The molecule has 2 rings (SSSR count). The number of hydrogen-bond donors (Lipinski definition) is 1. The Morgan fingerprint density at radius 3 is 2.41 bits per heavy atom. The van der Waals surface area contributed by atoms with E-state index in [9.17, 15) is 0 Å². The molecule has 1 atom stereocenters. The summed E-state index contributed by atoms with van der Waals surface area (Å²) >= 11 is 0. The average Bonchev–Trinajstić information content (AvgIpc) is 2.57. The van der Waals surface area contributed by atoms with E-state index < -0.39 is 0 Å². The van der Waals surface area contributed by atoms with Gasteiger partial charge in [0.15, 0.2) is 0 Å². The van der Waals surface area contributed by atoms with Crippen LogP contribution in [-0.2, 0) is 12.0 Å². The molecule has 0 aromatic carbocycles. The number of nitrogens with one attached hydrogen (secondary N) is 1. The second kappa shape index (κ2) is 3.76. The Kier molecular flexibility index (Phi) is 2.75. The van der Waals surface area contributed by atoms with Gasteiger partial charge in [-0.15, -0.1) is 0 Å². The molecule has 17 heavy (non-hydrogen) atoms. The molecule has 1 aromatic heterocycles. The molecule has 1 unspecified atom stereocenters. The zero-order valence-corrected chi connectivity index (χ0v) is 12.0. The van der Waals surface area contributed by atoms with Crippen LogP contribution in [0.4, 0.5) is 5.95 Å². The fraction of sp³-hybridized carbons (Fsp3) is 0.786. The van der Waals surface area contributed by atoms with Gasteiger partial charge in [0.05, 0.1) is 5.69 Å². The zero-order valence-electron chi connectivity index (χ0n) is 12.0. The van der Waals surface area contributed by atoms with Gasteiger partial charge in [-0.05, 0) is 11.8 Å². The Bertz CT molecular complexity index is 404. The van der Waals surface area contributed by atoms with Crippen LogP contribution in [0.15, 0.2) is 6.20 Å². The molecule has 3 heteroatoms. The lowest BCUT2D eigenvalue weighted by Crippen LogP contribution is -2.38. The lowest BCUT2D eigenvalue weighted by molar-refractivity contribution is 0.301.